The molecule has 0 atom stereocenters. The van der Waals surface area contributed by atoms with Crippen LogP contribution in [0.1, 0.15) is 10.4 Å². The van der Waals surface area contributed by atoms with E-state index in [9.17, 15) is 18.0 Å². The van der Waals surface area contributed by atoms with Gasteiger partial charge >= 0.3 is 4.94 Å². The second kappa shape index (κ2) is 7.47. The Hall–Kier alpha value is -2.94. The summed E-state index contributed by atoms with van der Waals surface area (Å²) in [5.41, 5.74) is 0.614. The number of carbonyl (C=O) groups is 1. The second-order valence-corrected chi connectivity index (χ2v) is 9.18. The van der Waals surface area contributed by atoms with Crippen LogP contribution in [0.5, 0.6) is 0 Å². The van der Waals surface area contributed by atoms with Crippen molar-refractivity contribution in [3.05, 3.63) is 93.1 Å². The maximum atomic E-state index is 13.4. The van der Waals surface area contributed by atoms with Gasteiger partial charge in [-0.2, -0.15) is 4.31 Å². The molecular weight excluding hydrogens is 434 g/mol. The summed E-state index contributed by atoms with van der Waals surface area (Å²) in [4.78, 5) is 24.1. The Bertz CT molecular complexity index is 1360. The number of halogens is 1. The molecule has 0 spiro atoms. The first kappa shape index (κ1) is 19.4. The molecule has 0 bridgehead atoms. The quantitative estimate of drug-likeness (QED) is 0.460. The fourth-order valence-electron chi connectivity index (χ4n) is 2.76. The predicted molar refractivity (Wildman–Crippen MR) is 112 cm³/mol. The van der Waals surface area contributed by atoms with Gasteiger partial charge in [0.2, 0.25) is 0 Å². The molecule has 9 heteroatoms. The molecule has 0 fully saturated rings. The van der Waals surface area contributed by atoms with E-state index in [2.05, 4.69) is 0 Å². The summed E-state index contributed by atoms with van der Waals surface area (Å²) < 4.78 is 32.9. The van der Waals surface area contributed by atoms with Gasteiger partial charge in [0.1, 0.15) is 5.58 Å². The van der Waals surface area contributed by atoms with Crippen molar-refractivity contribution in [2.75, 3.05) is 4.31 Å². The number of nitrogens with zero attached hydrogens (tertiary/aromatic N) is 1. The molecular formula is C20H12ClNO5S2. The number of fused-ring (bicyclic) bond motifs is 1. The Morgan fingerprint density at radius 2 is 1.66 bits per heavy atom. The lowest BCUT2D eigenvalue weighted by molar-refractivity contribution is 0.101. The van der Waals surface area contributed by atoms with Crippen molar-refractivity contribution in [3.63, 3.8) is 0 Å². The largest absolute Gasteiger partial charge is 0.414 e. The average Bonchev–Trinajstić information content (AvgIpc) is 3.08. The third kappa shape index (κ3) is 3.69. The lowest BCUT2D eigenvalue weighted by Gasteiger charge is -2.23. The van der Waals surface area contributed by atoms with E-state index in [4.69, 9.17) is 16.0 Å². The summed E-state index contributed by atoms with van der Waals surface area (Å²) in [5.74, 6) is -0.726. The third-order valence-electron chi connectivity index (χ3n) is 4.11. The highest BCUT2D eigenvalue weighted by Gasteiger charge is 2.32. The van der Waals surface area contributed by atoms with Crippen LogP contribution < -0.4 is 9.24 Å². The minimum absolute atomic E-state index is 0.0911. The van der Waals surface area contributed by atoms with Gasteiger partial charge in [0.25, 0.3) is 15.9 Å². The van der Waals surface area contributed by atoms with Crippen molar-refractivity contribution in [1.82, 2.24) is 0 Å². The molecule has 3 aromatic carbocycles. The van der Waals surface area contributed by atoms with Gasteiger partial charge in [0, 0.05) is 10.6 Å². The van der Waals surface area contributed by atoms with Gasteiger partial charge in [-0.3, -0.25) is 4.79 Å². The van der Waals surface area contributed by atoms with Gasteiger partial charge < -0.3 is 4.42 Å². The van der Waals surface area contributed by atoms with E-state index in [1.807, 2.05) is 0 Å². The van der Waals surface area contributed by atoms with Crippen molar-refractivity contribution in [3.8, 4) is 0 Å². The first-order valence-electron chi connectivity index (χ1n) is 8.30. The van der Waals surface area contributed by atoms with Crippen molar-refractivity contribution in [1.29, 1.82) is 0 Å². The molecule has 146 valence electrons. The van der Waals surface area contributed by atoms with E-state index < -0.39 is 20.9 Å². The summed E-state index contributed by atoms with van der Waals surface area (Å²) in [6.45, 7) is 0. The maximum absolute atomic E-state index is 13.4. The summed E-state index contributed by atoms with van der Waals surface area (Å²) >= 11 is 6.70. The molecule has 1 amide bonds. The Morgan fingerprint density at radius 1 is 0.966 bits per heavy atom. The topological polar surface area (TPSA) is 84.7 Å². The first-order valence-corrected chi connectivity index (χ1v) is 10.9. The van der Waals surface area contributed by atoms with Gasteiger partial charge in [0.05, 0.1) is 15.3 Å². The molecule has 29 heavy (non-hydrogen) atoms. The highest BCUT2D eigenvalue weighted by atomic mass is 35.5. The first-order chi connectivity index (χ1) is 13.9. The Morgan fingerprint density at radius 3 is 2.34 bits per heavy atom. The van der Waals surface area contributed by atoms with Crippen LogP contribution in [-0.2, 0) is 10.0 Å². The van der Waals surface area contributed by atoms with E-state index >= 15 is 0 Å². The Kier molecular flexibility index (Phi) is 4.99. The predicted octanol–water partition coefficient (Wildman–Crippen LogP) is 4.54. The van der Waals surface area contributed by atoms with Crippen LogP contribution in [0.2, 0.25) is 5.02 Å². The van der Waals surface area contributed by atoms with Crippen LogP contribution in [0.15, 0.2) is 86.9 Å². The van der Waals surface area contributed by atoms with Crippen LogP contribution in [0.4, 0.5) is 5.69 Å². The fraction of sp³-hybridized carbons (Fsp3) is 0. The lowest BCUT2D eigenvalue weighted by atomic mass is 10.2. The van der Waals surface area contributed by atoms with Crippen molar-refractivity contribution >= 4 is 54.8 Å². The van der Waals surface area contributed by atoms with Crippen molar-refractivity contribution < 1.29 is 17.6 Å². The molecule has 4 rings (SSSR count). The summed E-state index contributed by atoms with van der Waals surface area (Å²) in [7, 11) is -4.26. The van der Waals surface area contributed by atoms with E-state index in [1.165, 1.54) is 54.6 Å². The minimum Gasteiger partial charge on any atom is -0.414 e. The number of anilines is 1. The molecule has 6 nitrogen and oxygen atoms in total. The molecule has 0 saturated carbocycles. The van der Waals surface area contributed by atoms with Gasteiger partial charge in [-0.05, 0) is 54.6 Å². The van der Waals surface area contributed by atoms with Crippen molar-refractivity contribution in [2.24, 2.45) is 0 Å². The molecule has 0 radical (unpaired) electrons. The molecule has 4 aromatic rings. The summed E-state index contributed by atoms with van der Waals surface area (Å²) in [6, 6.07) is 17.9. The van der Waals surface area contributed by atoms with E-state index in [0.717, 1.165) is 15.6 Å². The molecule has 1 heterocycles. The monoisotopic (exact) mass is 445 g/mol. The number of rotatable bonds is 4. The van der Waals surface area contributed by atoms with Crippen LogP contribution in [0.25, 0.3) is 10.3 Å². The molecule has 0 aliphatic heterocycles. The van der Waals surface area contributed by atoms with Gasteiger partial charge in [-0.1, -0.05) is 41.1 Å². The Balaban J connectivity index is 1.91. The number of benzene rings is 3. The van der Waals surface area contributed by atoms with E-state index in [1.54, 1.807) is 18.2 Å². The zero-order chi connectivity index (χ0) is 20.6. The number of hydrogen-bond donors (Lipinski definition) is 0. The van der Waals surface area contributed by atoms with E-state index in [-0.39, 0.29) is 16.1 Å². The molecule has 0 aliphatic carbocycles. The van der Waals surface area contributed by atoms with Gasteiger partial charge in [-0.25, -0.2) is 13.2 Å². The zero-order valence-corrected chi connectivity index (χ0v) is 17.0. The summed E-state index contributed by atoms with van der Waals surface area (Å²) in [6.07, 6.45) is 0. The highest BCUT2D eigenvalue weighted by Crippen LogP contribution is 2.30. The Labute approximate surface area is 174 Å². The van der Waals surface area contributed by atoms with Crippen LogP contribution in [-0.4, -0.2) is 14.3 Å². The van der Waals surface area contributed by atoms with Crippen LogP contribution in [0, 0.1) is 0 Å². The lowest BCUT2D eigenvalue weighted by Crippen LogP contribution is -2.37. The molecule has 1 aromatic heterocycles. The molecule has 0 saturated heterocycles. The normalized spacial score (nSPS) is 11.5. The highest BCUT2D eigenvalue weighted by molar-refractivity contribution is 7.93. The molecule has 0 aliphatic rings. The van der Waals surface area contributed by atoms with E-state index in [0.29, 0.717) is 15.3 Å². The number of amides is 1. The third-order valence-corrected chi connectivity index (χ3v) is 6.87. The average molecular weight is 446 g/mol. The standard InChI is InChI=1S/C20H12ClNO5S2/c21-14-6-9-16(10-7-14)29(25,26)22(19(23)13-4-2-1-3-5-13)15-8-11-17-18(12-15)28-20(24)27-17/h1-12H. The number of hydrogen-bond acceptors (Lipinski definition) is 6. The fourth-order valence-corrected chi connectivity index (χ4v) is 5.00. The summed E-state index contributed by atoms with van der Waals surface area (Å²) in [5, 5.41) is 0.370. The molecule has 0 N–H and O–H groups in total. The minimum atomic E-state index is -4.26. The van der Waals surface area contributed by atoms with Crippen LogP contribution in [0.3, 0.4) is 0 Å². The maximum Gasteiger partial charge on any atom is 0.396 e. The van der Waals surface area contributed by atoms with Gasteiger partial charge in [-0.15, -0.1) is 0 Å². The second-order valence-electron chi connectivity index (χ2n) is 5.98. The van der Waals surface area contributed by atoms with Crippen molar-refractivity contribution in [2.45, 2.75) is 4.90 Å². The zero-order valence-electron chi connectivity index (χ0n) is 14.6. The molecule has 0 unspecified atom stereocenters. The smallest absolute Gasteiger partial charge is 0.396 e. The van der Waals surface area contributed by atoms with Gasteiger partial charge in [0.15, 0.2) is 0 Å². The van der Waals surface area contributed by atoms with Crippen LogP contribution >= 0.6 is 22.9 Å². The number of carbonyl (C=O) groups excluding carboxylic acids is 1. The number of sulfonamides is 1. The SMILES string of the molecule is O=C(c1ccccc1)N(c1ccc2oc(=O)sc2c1)S(=O)(=O)c1ccc(Cl)cc1.